The van der Waals surface area contributed by atoms with E-state index in [2.05, 4.69) is 20.7 Å². The van der Waals surface area contributed by atoms with E-state index in [1.54, 1.807) is 18.2 Å². The molecule has 2 aromatic carbocycles. The fourth-order valence-corrected chi connectivity index (χ4v) is 3.06. The highest BCUT2D eigenvalue weighted by molar-refractivity contribution is 6.01. The van der Waals surface area contributed by atoms with E-state index >= 15 is 0 Å². The molecule has 0 spiro atoms. The minimum atomic E-state index is -0.753. The van der Waals surface area contributed by atoms with Crippen molar-refractivity contribution in [2.75, 3.05) is 17.7 Å². The van der Waals surface area contributed by atoms with E-state index in [4.69, 9.17) is 4.74 Å². The van der Waals surface area contributed by atoms with Gasteiger partial charge in [0.15, 0.2) is 5.82 Å². The van der Waals surface area contributed by atoms with Gasteiger partial charge >= 0.3 is 0 Å². The van der Waals surface area contributed by atoms with Crippen LogP contribution in [0.15, 0.2) is 48.5 Å². The first-order valence-electron chi connectivity index (χ1n) is 8.82. The van der Waals surface area contributed by atoms with E-state index in [9.17, 15) is 9.59 Å². The standard InChI is InChI=1S/C20H19N5O3/c1-12-7-9-13(10-8-12)18-22-20-23-19(27)15(25(20)24-18)11-17(26)21-14-5-3-4-6-16(14)28-2/h3-10,15H,11H2,1-2H3,(H,21,26)(H,22,23,24,27)/t15-/m1/s1. The van der Waals surface area contributed by atoms with Gasteiger partial charge < -0.3 is 10.1 Å². The lowest BCUT2D eigenvalue weighted by atomic mass is 10.1. The van der Waals surface area contributed by atoms with Crippen molar-refractivity contribution in [1.29, 1.82) is 0 Å². The highest BCUT2D eigenvalue weighted by Gasteiger charge is 2.35. The van der Waals surface area contributed by atoms with Crippen LogP contribution in [-0.2, 0) is 9.59 Å². The lowest BCUT2D eigenvalue weighted by Gasteiger charge is -2.12. The van der Waals surface area contributed by atoms with E-state index in [0.29, 0.717) is 23.2 Å². The van der Waals surface area contributed by atoms with Gasteiger partial charge in [-0.1, -0.05) is 42.0 Å². The number of methoxy groups -OCH3 is 1. The van der Waals surface area contributed by atoms with Crippen molar-refractivity contribution in [2.24, 2.45) is 0 Å². The maximum atomic E-state index is 12.5. The Labute approximate surface area is 161 Å². The summed E-state index contributed by atoms with van der Waals surface area (Å²) < 4.78 is 6.70. The van der Waals surface area contributed by atoms with Gasteiger partial charge in [-0.15, -0.1) is 5.10 Å². The summed E-state index contributed by atoms with van der Waals surface area (Å²) in [5, 5.41) is 9.90. The lowest BCUT2D eigenvalue weighted by Crippen LogP contribution is -2.24. The molecule has 4 rings (SSSR count). The average molecular weight is 377 g/mol. The summed E-state index contributed by atoms with van der Waals surface area (Å²) in [5.74, 6) is 0.779. The van der Waals surface area contributed by atoms with Crippen molar-refractivity contribution in [1.82, 2.24) is 14.8 Å². The zero-order valence-corrected chi connectivity index (χ0v) is 15.5. The summed E-state index contributed by atoms with van der Waals surface area (Å²) in [5.41, 5.74) is 2.53. The average Bonchev–Trinajstić information content (AvgIpc) is 3.21. The van der Waals surface area contributed by atoms with Gasteiger partial charge in [0.1, 0.15) is 11.8 Å². The maximum Gasteiger partial charge on any atom is 0.252 e. The van der Waals surface area contributed by atoms with Crippen LogP contribution < -0.4 is 15.4 Å². The molecule has 28 heavy (non-hydrogen) atoms. The second-order valence-corrected chi connectivity index (χ2v) is 6.53. The monoisotopic (exact) mass is 377 g/mol. The van der Waals surface area contributed by atoms with Crippen LogP contribution in [0.3, 0.4) is 0 Å². The van der Waals surface area contributed by atoms with Gasteiger partial charge in [0.25, 0.3) is 5.91 Å². The Bertz CT molecular complexity index is 1040. The van der Waals surface area contributed by atoms with E-state index in [1.807, 2.05) is 37.3 Å². The molecular weight excluding hydrogens is 358 g/mol. The number of para-hydroxylation sites is 2. The molecule has 0 saturated carbocycles. The number of benzene rings is 2. The number of amides is 2. The molecule has 142 valence electrons. The fourth-order valence-electron chi connectivity index (χ4n) is 3.06. The predicted molar refractivity (Wildman–Crippen MR) is 104 cm³/mol. The smallest absolute Gasteiger partial charge is 0.252 e. The SMILES string of the molecule is COc1ccccc1NC(=O)C[C@@H]1C(=O)Nc2nc(-c3ccc(C)cc3)nn21. The van der Waals surface area contributed by atoms with Crippen molar-refractivity contribution >= 4 is 23.5 Å². The minimum Gasteiger partial charge on any atom is -0.495 e. The van der Waals surface area contributed by atoms with Gasteiger partial charge in [-0.2, -0.15) is 4.98 Å². The Morgan fingerprint density at radius 1 is 1.21 bits per heavy atom. The number of carbonyl (C=O) groups excluding carboxylic acids is 2. The molecule has 0 fully saturated rings. The number of aryl methyl sites for hydroxylation is 1. The van der Waals surface area contributed by atoms with Crippen LogP contribution in [0.1, 0.15) is 18.0 Å². The van der Waals surface area contributed by atoms with Crippen LogP contribution in [0.2, 0.25) is 0 Å². The number of carbonyl (C=O) groups is 2. The molecule has 8 heteroatoms. The first-order valence-corrected chi connectivity index (χ1v) is 8.82. The molecule has 0 saturated heterocycles. The number of anilines is 2. The van der Waals surface area contributed by atoms with E-state index in [1.165, 1.54) is 11.8 Å². The number of ether oxygens (including phenoxy) is 1. The van der Waals surface area contributed by atoms with E-state index < -0.39 is 6.04 Å². The zero-order valence-electron chi connectivity index (χ0n) is 15.5. The van der Waals surface area contributed by atoms with Gasteiger partial charge in [-0.3, -0.25) is 14.9 Å². The maximum absolute atomic E-state index is 12.5. The first kappa shape index (κ1) is 17.7. The highest BCUT2D eigenvalue weighted by Crippen LogP contribution is 2.29. The van der Waals surface area contributed by atoms with Crippen LogP contribution >= 0.6 is 0 Å². The molecule has 2 heterocycles. The lowest BCUT2D eigenvalue weighted by molar-refractivity contribution is -0.123. The Morgan fingerprint density at radius 3 is 2.71 bits per heavy atom. The van der Waals surface area contributed by atoms with E-state index in [0.717, 1.165) is 11.1 Å². The molecule has 1 aromatic heterocycles. The molecule has 0 aliphatic carbocycles. The normalized spacial score (nSPS) is 15.1. The van der Waals surface area contributed by atoms with Gasteiger partial charge in [0.2, 0.25) is 11.9 Å². The third-order valence-electron chi connectivity index (χ3n) is 4.53. The predicted octanol–water partition coefficient (Wildman–Crippen LogP) is 2.78. The Balaban J connectivity index is 1.52. The third kappa shape index (κ3) is 3.32. The number of aromatic nitrogens is 3. The number of nitrogens with one attached hydrogen (secondary N) is 2. The summed E-state index contributed by atoms with van der Waals surface area (Å²) in [7, 11) is 1.53. The molecular formula is C20H19N5O3. The van der Waals surface area contributed by atoms with Crippen molar-refractivity contribution in [3.8, 4) is 17.1 Å². The summed E-state index contributed by atoms with van der Waals surface area (Å²) in [6, 6.07) is 14.1. The van der Waals surface area contributed by atoms with Gasteiger partial charge in [0, 0.05) is 5.56 Å². The number of hydrogen-bond donors (Lipinski definition) is 2. The number of fused-ring (bicyclic) bond motifs is 1. The van der Waals surface area contributed by atoms with Crippen molar-refractivity contribution in [3.05, 3.63) is 54.1 Å². The topological polar surface area (TPSA) is 98.1 Å². The third-order valence-corrected chi connectivity index (χ3v) is 4.53. The Kier molecular flexibility index (Phi) is 4.52. The van der Waals surface area contributed by atoms with Gasteiger partial charge in [-0.25, -0.2) is 4.68 Å². The van der Waals surface area contributed by atoms with Gasteiger partial charge in [0.05, 0.1) is 19.2 Å². The van der Waals surface area contributed by atoms with Crippen LogP contribution in [-0.4, -0.2) is 33.7 Å². The van der Waals surface area contributed by atoms with Crippen LogP contribution in [0, 0.1) is 6.92 Å². The Hall–Kier alpha value is -3.68. The summed E-state index contributed by atoms with van der Waals surface area (Å²) >= 11 is 0. The Morgan fingerprint density at radius 2 is 1.96 bits per heavy atom. The highest BCUT2D eigenvalue weighted by atomic mass is 16.5. The quantitative estimate of drug-likeness (QED) is 0.712. The first-order chi connectivity index (χ1) is 13.5. The number of nitrogens with zero attached hydrogens (tertiary/aromatic N) is 3. The van der Waals surface area contributed by atoms with Crippen LogP contribution in [0.5, 0.6) is 5.75 Å². The molecule has 0 bridgehead atoms. The molecule has 2 N–H and O–H groups in total. The summed E-state index contributed by atoms with van der Waals surface area (Å²) in [6.07, 6.45) is -0.0619. The largest absolute Gasteiger partial charge is 0.495 e. The molecule has 1 aliphatic heterocycles. The second-order valence-electron chi connectivity index (χ2n) is 6.53. The molecule has 0 unspecified atom stereocenters. The number of rotatable bonds is 5. The molecule has 0 radical (unpaired) electrons. The van der Waals surface area contributed by atoms with E-state index in [-0.39, 0.29) is 18.2 Å². The van der Waals surface area contributed by atoms with Crippen molar-refractivity contribution in [2.45, 2.75) is 19.4 Å². The van der Waals surface area contributed by atoms with Crippen molar-refractivity contribution in [3.63, 3.8) is 0 Å². The second kappa shape index (κ2) is 7.15. The molecule has 3 aromatic rings. The molecule has 1 atom stereocenters. The number of hydrogen-bond acceptors (Lipinski definition) is 5. The van der Waals surface area contributed by atoms with Crippen molar-refractivity contribution < 1.29 is 14.3 Å². The van der Waals surface area contributed by atoms with Gasteiger partial charge in [-0.05, 0) is 19.1 Å². The zero-order chi connectivity index (χ0) is 19.7. The minimum absolute atomic E-state index is 0.0619. The molecule has 2 amide bonds. The van der Waals surface area contributed by atoms with Crippen LogP contribution in [0.25, 0.3) is 11.4 Å². The summed E-state index contributed by atoms with van der Waals surface area (Å²) in [6.45, 7) is 2.00. The fraction of sp³-hybridized carbons (Fsp3) is 0.200. The molecule has 1 aliphatic rings. The molecule has 8 nitrogen and oxygen atoms in total. The summed E-state index contributed by atoms with van der Waals surface area (Å²) in [4.78, 5) is 29.2. The van der Waals surface area contributed by atoms with Crippen LogP contribution in [0.4, 0.5) is 11.6 Å².